The molecule has 2 N–H and O–H groups in total. The zero-order chi connectivity index (χ0) is 16.8. The van der Waals surface area contributed by atoms with Crippen LogP contribution in [0, 0.1) is 5.92 Å². The number of rotatable bonds is 2. The van der Waals surface area contributed by atoms with E-state index in [-0.39, 0.29) is 29.8 Å². The van der Waals surface area contributed by atoms with Gasteiger partial charge in [0.1, 0.15) is 5.82 Å². The van der Waals surface area contributed by atoms with E-state index in [4.69, 9.17) is 5.73 Å². The minimum atomic E-state index is -0.388. The van der Waals surface area contributed by atoms with Gasteiger partial charge in [-0.2, -0.15) is 0 Å². The number of aryl methyl sites for hydroxylation is 2. The van der Waals surface area contributed by atoms with Crippen LogP contribution >= 0.6 is 0 Å². The van der Waals surface area contributed by atoms with Crippen molar-refractivity contribution < 1.29 is 9.59 Å². The molecule has 130 valence electrons. The maximum Gasteiger partial charge on any atom is 0.239 e. The summed E-state index contributed by atoms with van der Waals surface area (Å²) in [5, 5.41) is 0. The monoisotopic (exact) mass is 331 g/mol. The molecular formula is C17H25N5O2. The van der Waals surface area contributed by atoms with Crippen LogP contribution in [0.3, 0.4) is 0 Å². The molecule has 7 nitrogen and oxygen atoms in total. The number of nitrogens with zero attached hydrogens (tertiary/aromatic N) is 4. The lowest BCUT2D eigenvalue weighted by atomic mass is 9.97. The number of carbonyl (C=O) groups excluding carboxylic acids is 2. The van der Waals surface area contributed by atoms with Crippen LogP contribution in [0.4, 0.5) is 0 Å². The molecule has 2 saturated heterocycles. The van der Waals surface area contributed by atoms with Crippen LogP contribution in [0.2, 0.25) is 0 Å². The Morgan fingerprint density at radius 3 is 3.00 bits per heavy atom. The Morgan fingerprint density at radius 1 is 1.38 bits per heavy atom. The average molecular weight is 331 g/mol. The molecule has 3 atom stereocenters. The molecule has 4 rings (SSSR count). The van der Waals surface area contributed by atoms with E-state index in [0.29, 0.717) is 26.1 Å². The van der Waals surface area contributed by atoms with Gasteiger partial charge in [-0.15, -0.1) is 0 Å². The zero-order valence-corrected chi connectivity index (χ0v) is 14.1. The van der Waals surface area contributed by atoms with Gasteiger partial charge < -0.3 is 20.1 Å². The average Bonchev–Trinajstić information content (AvgIpc) is 3.14. The Balaban J connectivity index is 1.42. The van der Waals surface area contributed by atoms with Gasteiger partial charge in [-0.25, -0.2) is 4.98 Å². The van der Waals surface area contributed by atoms with Gasteiger partial charge in [-0.05, 0) is 19.3 Å². The molecule has 2 fully saturated rings. The molecule has 3 unspecified atom stereocenters. The second-order valence-corrected chi connectivity index (χ2v) is 7.20. The molecule has 0 bridgehead atoms. The first-order chi connectivity index (χ1) is 11.6. The Kier molecular flexibility index (Phi) is 3.83. The van der Waals surface area contributed by atoms with Crippen LogP contribution in [0.25, 0.3) is 0 Å². The van der Waals surface area contributed by atoms with E-state index in [1.54, 1.807) is 0 Å². The minimum absolute atomic E-state index is 0.0220. The Hall–Kier alpha value is -1.89. The molecule has 3 aliphatic rings. The number of nitrogens with two attached hydrogens (primary N) is 1. The first-order valence-electron chi connectivity index (χ1n) is 8.96. The molecule has 24 heavy (non-hydrogen) atoms. The standard InChI is InChI=1S/C17H25N5O2/c1-2-12-9-21-8-11(3-4-15(21)19-12)16(23)20-5-6-22-13(10-20)7-14(18)17(22)24/h9,11,13-14H,2-8,10,18H2,1H3. The van der Waals surface area contributed by atoms with Crippen LogP contribution in [0.1, 0.15) is 31.3 Å². The van der Waals surface area contributed by atoms with Gasteiger partial charge in [0, 0.05) is 38.8 Å². The second-order valence-electron chi connectivity index (χ2n) is 7.20. The molecule has 0 radical (unpaired) electrons. The van der Waals surface area contributed by atoms with Gasteiger partial charge in [0.2, 0.25) is 11.8 Å². The van der Waals surface area contributed by atoms with Crippen molar-refractivity contribution in [3.8, 4) is 0 Å². The molecule has 0 aromatic carbocycles. The Labute approximate surface area is 141 Å². The summed E-state index contributed by atoms with van der Waals surface area (Å²) in [5.41, 5.74) is 6.97. The SMILES string of the molecule is CCc1cn2c(n1)CCC(C(=O)N1CCN3C(=O)C(N)CC3C1)C2. The van der Waals surface area contributed by atoms with Gasteiger partial charge in [0.15, 0.2) is 0 Å². The highest BCUT2D eigenvalue weighted by molar-refractivity contribution is 5.85. The summed E-state index contributed by atoms with van der Waals surface area (Å²) in [4.78, 5) is 33.3. The molecule has 3 aliphatic heterocycles. The third-order valence-corrected chi connectivity index (χ3v) is 5.67. The lowest BCUT2D eigenvalue weighted by Crippen LogP contribution is -2.55. The largest absolute Gasteiger partial charge is 0.339 e. The molecule has 7 heteroatoms. The number of carbonyl (C=O) groups is 2. The van der Waals surface area contributed by atoms with E-state index in [0.717, 1.165) is 37.3 Å². The fourth-order valence-corrected chi connectivity index (χ4v) is 4.29. The molecule has 0 aliphatic carbocycles. The first kappa shape index (κ1) is 15.6. The highest BCUT2D eigenvalue weighted by atomic mass is 16.2. The quantitative estimate of drug-likeness (QED) is 0.812. The van der Waals surface area contributed by atoms with E-state index in [2.05, 4.69) is 22.7 Å². The molecule has 0 saturated carbocycles. The fraction of sp³-hybridized carbons (Fsp3) is 0.706. The third-order valence-electron chi connectivity index (χ3n) is 5.67. The Morgan fingerprint density at radius 2 is 2.21 bits per heavy atom. The van der Waals surface area contributed by atoms with Crippen molar-refractivity contribution in [2.75, 3.05) is 19.6 Å². The van der Waals surface area contributed by atoms with Crippen molar-refractivity contribution >= 4 is 11.8 Å². The van der Waals surface area contributed by atoms with Crippen LogP contribution in [-0.2, 0) is 29.0 Å². The summed E-state index contributed by atoms with van der Waals surface area (Å²) < 4.78 is 2.15. The molecule has 1 aromatic heterocycles. The number of fused-ring (bicyclic) bond motifs is 2. The van der Waals surface area contributed by atoms with Crippen molar-refractivity contribution in [2.24, 2.45) is 11.7 Å². The second kappa shape index (κ2) is 5.88. The van der Waals surface area contributed by atoms with Crippen molar-refractivity contribution in [1.29, 1.82) is 0 Å². The van der Waals surface area contributed by atoms with Crippen molar-refractivity contribution in [3.63, 3.8) is 0 Å². The van der Waals surface area contributed by atoms with Gasteiger partial charge in [-0.3, -0.25) is 9.59 Å². The molecule has 2 amide bonds. The van der Waals surface area contributed by atoms with Crippen LogP contribution in [-0.4, -0.2) is 62.9 Å². The summed E-state index contributed by atoms with van der Waals surface area (Å²) in [6.07, 6.45) is 5.40. The van der Waals surface area contributed by atoms with Crippen LogP contribution in [0.5, 0.6) is 0 Å². The first-order valence-corrected chi connectivity index (χ1v) is 8.96. The number of amides is 2. The molecule has 0 spiro atoms. The number of imidazole rings is 1. The van der Waals surface area contributed by atoms with Gasteiger partial charge >= 0.3 is 0 Å². The summed E-state index contributed by atoms with van der Waals surface area (Å²) in [6.45, 7) is 4.70. The van der Waals surface area contributed by atoms with Gasteiger partial charge in [-0.1, -0.05) is 6.92 Å². The summed E-state index contributed by atoms with van der Waals surface area (Å²) >= 11 is 0. The highest BCUT2D eigenvalue weighted by Crippen LogP contribution is 2.26. The Bertz CT molecular complexity index is 670. The van der Waals surface area contributed by atoms with Crippen LogP contribution in [0.15, 0.2) is 6.20 Å². The predicted molar refractivity (Wildman–Crippen MR) is 88.1 cm³/mol. The van der Waals surface area contributed by atoms with E-state index in [1.165, 1.54) is 0 Å². The molecule has 4 heterocycles. The van der Waals surface area contributed by atoms with Crippen molar-refractivity contribution in [3.05, 3.63) is 17.7 Å². The number of hydrogen-bond acceptors (Lipinski definition) is 4. The minimum Gasteiger partial charge on any atom is -0.339 e. The lowest BCUT2D eigenvalue weighted by Gasteiger charge is -2.39. The van der Waals surface area contributed by atoms with Crippen LogP contribution < -0.4 is 5.73 Å². The maximum atomic E-state index is 12.9. The highest BCUT2D eigenvalue weighted by Gasteiger charge is 2.42. The van der Waals surface area contributed by atoms with E-state index in [9.17, 15) is 9.59 Å². The van der Waals surface area contributed by atoms with Crippen molar-refractivity contribution in [2.45, 2.75) is 51.2 Å². The zero-order valence-electron chi connectivity index (χ0n) is 14.1. The van der Waals surface area contributed by atoms with E-state index >= 15 is 0 Å². The summed E-state index contributed by atoms with van der Waals surface area (Å²) in [7, 11) is 0. The topological polar surface area (TPSA) is 84.5 Å². The number of piperazine rings is 1. The number of aromatic nitrogens is 2. The maximum absolute atomic E-state index is 12.9. The van der Waals surface area contributed by atoms with E-state index in [1.807, 2.05) is 9.80 Å². The number of hydrogen-bond donors (Lipinski definition) is 1. The van der Waals surface area contributed by atoms with Gasteiger partial charge in [0.25, 0.3) is 0 Å². The molecular weight excluding hydrogens is 306 g/mol. The summed E-state index contributed by atoms with van der Waals surface area (Å²) in [5.74, 6) is 1.39. The molecule has 1 aromatic rings. The fourth-order valence-electron chi connectivity index (χ4n) is 4.29. The van der Waals surface area contributed by atoms with E-state index < -0.39 is 0 Å². The third kappa shape index (κ3) is 2.51. The van der Waals surface area contributed by atoms with Gasteiger partial charge in [0.05, 0.1) is 23.7 Å². The summed E-state index contributed by atoms with van der Waals surface area (Å²) in [6, 6.07) is -0.287. The van der Waals surface area contributed by atoms with Crippen molar-refractivity contribution in [1.82, 2.24) is 19.4 Å². The predicted octanol–water partition coefficient (Wildman–Crippen LogP) is -0.222. The normalized spacial score (nSPS) is 29.6. The lowest BCUT2D eigenvalue weighted by molar-refractivity contribution is -0.143. The smallest absolute Gasteiger partial charge is 0.239 e.